The van der Waals surface area contributed by atoms with Gasteiger partial charge in [-0.25, -0.2) is 4.79 Å². The summed E-state index contributed by atoms with van der Waals surface area (Å²) in [7, 11) is 0. The van der Waals surface area contributed by atoms with Crippen molar-refractivity contribution in [1.82, 2.24) is 4.57 Å². The van der Waals surface area contributed by atoms with Crippen LogP contribution in [0.3, 0.4) is 0 Å². The summed E-state index contributed by atoms with van der Waals surface area (Å²) in [5.74, 6) is -1.01. The van der Waals surface area contributed by atoms with E-state index in [1.54, 1.807) is 6.07 Å². The molecule has 1 aromatic heterocycles. The molecule has 0 spiro atoms. The lowest BCUT2D eigenvalue weighted by atomic mass is 10.0. The van der Waals surface area contributed by atoms with E-state index in [4.69, 9.17) is 10.2 Å². The Bertz CT molecular complexity index is 685. The SMILES string of the molecule is Cc1cc(C(=O)O)cc2c(C=O)c(C)n(CCCO)c12. The number of aromatic carboxylic acids is 1. The summed E-state index contributed by atoms with van der Waals surface area (Å²) in [5, 5.41) is 18.8. The van der Waals surface area contributed by atoms with E-state index in [-0.39, 0.29) is 12.2 Å². The van der Waals surface area contributed by atoms with Crippen LogP contribution in [0.15, 0.2) is 12.1 Å². The zero-order valence-electron chi connectivity index (χ0n) is 11.5. The van der Waals surface area contributed by atoms with Gasteiger partial charge in [-0.3, -0.25) is 4.79 Å². The van der Waals surface area contributed by atoms with Gasteiger partial charge in [0.15, 0.2) is 6.29 Å². The highest BCUT2D eigenvalue weighted by Crippen LogP contribution is 2.29. The fourth-order valence-corrected chi connectivity index (χ4v) is 2.63. The summed E-state index contributed by atoms with van der Waals surface area (Å²) < 4.78 is 1.97. The van der Waals surface area contributed by atoms with Crippen molar-refractivity contribution in [2.45, 2.75) is 26.8 Å². The van der Waals surface area contributed by atoms with Crippen molar-refractivity contribution in [3.05, 3.63) is 34.5 Å². The van der Waals surface area contributed by atoms with Crippen LogP contribution < -0.4 is 0 Å². The number of carboxylic acid groups (broad SMARTS) is 1. The number of aliphatic hydroxyl groups excluding tert-OH is 1. The molecule has 0 saturated carbocycles. The highest BCUT2D eigenvalue weighted by atomic mass is 16.4. The van der Waals surface area contributed by atoms with Gasteiger partial charge in [0.25, 0.3) is 0 Å². The molecule has 0 aliphatic carbocycles. The second-order valence-electron chi connectivity index (χ2n) is 4.84. The van der Waals surface area contributed by atoms with Crippen molar-refractivity contribution >= 4 is 23.2 Å². The average Bonchev–Trinajstić information content (AvgIpc) is 2.68. The molecule has 1 heterocycles. The molecule has 0 amide bonds. The molecule has 5 nitrogen and oxygen atoms in total. The minimum atomic E-state index is -1.01. The summed E-state index contributed by atoms with van der Waals surface area (Å²) in [6.07, 6.45) is 1.35. The highest BCUT2D eigenvalue weighted by molar-refractivity contribution is 6.04. The first-order valence-corrected chi connectivity index (χ1v) is 6.44. The Morgan fingerprint density at radius 2 is 2.05 bits per heavy atom. The number of aromatic nitrogens is 1. The van der Waals surface area contributed by atoms with Crippen molar-refractivity contribution < 1.29 is 19.8 Å². The van der Waals surface area contributed by atoms with Crippen LogP contribution >= 0.6 is 0 Å². The number of rotatable bonds is 5. The van der Waals surface area contributed by atoms with E-state index < -0.39 is 5.97 Å². The molecule has 0 fully saturated rings. The maximum Gasteiger partial charge on any atom is 0.335 e. The topological polar surface area (TPSA) is 79.5 Å². The van der Waals surface area contributed by atoms with Crippen molar-refractivity contribution in [3.63, 3.8) is 0 Å². The number of hydrogen-bond donors (Lipinski definition) is 2. The molecule has 20 heavy (non-hydrogen) atoms. The number of aryl methyl sites for hydroxylation is 2. The maximum atomic E-state index is 11.3. The molecule has 0 bridgehead atoms. The van der Waals surface area contributed by atoms with Crippen molar-refractivity contribution in [1.29, 1.82) is 0 Å². The minimum absolute atomic E-state index is 0.0712. The van der Waals surface area contributed by atoms with Gasteiger partial charge in [0.2, 0.25) is 0 Å². The largest absolute Gasteiger partial charge is 0.478 e. The third kappa shape index (κ3) is 2.20. The minimum Gasteiger partial charge on any atom is -0.478 e. The third-order valence-corrected chi connectivity index (χ3v) is 3.56. The van der Waals surface area contributed by atoms with Gasteiger partial charge in [0.1, 0.15) is 0 Å². The van der Waals surface area contributed by atoms with Crippen LogP contribution in [0.4, 0.5) is 0 Å². The van der Waals surface area contributed by atoms with Gasteiger partial charge in [0, 0.05) is 29.8 Å². The lowest BCUT2D eigenvalue weighted by Gasteiger charge is -2.09. The first-order chi connectivity index (χ1) is 9.51. The fraction of sp³-hybridized carbons (Fsp3) is 0.333. The van der Waals surface area contributed by atoms with E-state index in [1.807, 2.05) is 18.4 Å². The molecule has 1 aromatic carbocycles. The number of fused-ring (bicyclic) bond motifs is 1. The Kier molecular flexibility index (Phi) is 3.90. The monoisotopic (exact) mass is 275 g/mol. The quantitative estimate of drug-likeness (QED) is 0.819. The van der Waals surface area contributed by atoms with Gasteiger partial charge in [-0.1, -0.05) is 0 Å². The van der Waals surface area contributed by atoms with Crippen LogP contribution in [0.1, 0.15) is 38.4 Å². The number of aldehydes is 1. The number of nitrogens with zero attached hydrogens (tertiary/aromatic N) is 1. The average molecular weight is 275 g/mol. The normalized spacial score (nSPS) is 10.9. The molecule has 5 heteroatoms. The van der Waals surface area contributed by atoms with E-state index in [9.17, 15) is 9.59 Å². The summed E-state index contributed by atoms with van der Waals surface area (Å²) in [4.78, 5) is 22.4. The molecular weight excluding hydrogens is 258 g/mol. The number of benzene rings is 1. The van der Waals surface area contributed by atoms with Crippen LogP contribution in [0.5, 0.6) is 0 Å². The van der Waals surface area contributed by atoms with Crippen LogP contribution in [-0.4, -0.2) is 33.6 Å². The van der Waals surface area contributed by atoms with Gasteiger partial charge in [-0.2, -0.15) is 0 Å². The molecule has 2 aromatic rings. The fourth-order valence-electron chi connectivity index (χ4n) is 2.63. The standard InChI is InChI=1S/C15H17NO4/c1-9-6-11(15(19)20)7-12-13(8-18)10(2)16(14(9)12)4-3-5-17/h6-8,17H,3-5H2,1-2H3,(H,19,20). The predicted octanol–water partition coefficient (Wildman–Crippen LogP) is 2.15. The van der Waals surface area contributed by atoms with Crippen molar-refractivity contribution in [2.75, 3.05) is 6.61 Å². The summed E-state index contributed by atoms with van der Waals surface area (Å²) in [6, 6.07) is 3.14. The Labute approximate surface area is 116 Å². The Morgan fingerprint density at radius 1 is 1.35 bits per heavy atom. The van der Waals surface area contributed by atoms with E-state index in [0.29, 0.717) is 23.9 Å². The lowest BCUT2D eigenvalue weighted by molar-refractivity contribution is 0.0696. The molecule has 2 rings (SSSR count). The molecule has 0 aliphatic heterocycles. The summed E-state index contributed by atoms with van der Waals surface area (Å²) in [6.45, 7) is 4.33. The number of aliphatic hydroxyl groups is 1. The number of carboxylic acids is 1. The highest BCUT2D eigenvalue weighted by Gasteiger charge is 2.17. The predicted molar refractivity (Wildman–Crippen MR) is 75.5 cm³/mol. The number of carbonyl (C=O) groups excluding carboxylic acids is 1. The Hall–Kier alpha value is -2.14. The van der Waals surface area contributed by atoms with Crippen LogP contribution in [0.2, 0.25) is 0 Å². The van der Waals surface area contributed by atoms with Crippen LogP contribution in [0, 0.1) is 13.8 Å². The second-order valence-corrected chi connectivity index (χ2v) is 4.84. The molecule has 0 radical (unpaired) electrons. The van der Waals surface area contributed by atoms with Crippen LogP contribution in [-0.2, 0) is 6.54 Å². The molecule has 2 N–H and O–H groups in total. The summed E-state index contributed by atoms with van der Waals surface area (Å²) in [5.41, 5.74) is 3.17. The van der Waals surface area contributed by atoms with Gasteiger partial charge < -0.3 is 14.8 Å². The van der Waals surface area contributed by atoms with E-state index >= 15 is 0 Å². The first kappa shape index (κ1) is 14.3. The molecular formula is C15H17NO4. The molecule has 0 unspecified atom stereocenters. The number of hydrogen-bond acceptors (Lipinski definition) is 3. The van der Waals surface area contributed by atoms with E-state index in [0.717, 1.165) is 23.1 Å². The zero-order chi connectivity index (χ0) is 14.9. The van der Waals surface area contributed by atoms with Gasteiger partial charge >= 0.3 is 5.97 Å². The molecule has 0 aliphatic rings. The van der Waals surface area contributed by atoms with Crippen molar-refractivity contribution in [3.8, 4) is 0 Å². The van der Waals surface area contributed by atoms with Gasteiger partial charge in [-0.05, 0) is 38.0 Å². The van der Waals surface area contributed by atoms with E-state index in [2.05, 4.69) is 0 Å². The first-order valence-electron chi connectivity index (χ1n) is 6.44. The second kappa shape index (κ2) is 5.46. The molecule has 106 valence electrons. The van der Waals surface area contributed by atoms with Crippen molar-refractivity contribution in [2.24, 2.45) is 0 Å². The van der Waals surface area contributed by atoms with E-state index in [1.165, 1.54) is 6.07 Å². The van der Waals surface area contributed by atoms with Gasteiger partial charge in [0.05, 0.1) is 11.1 Å². The van der Waals surface area contributed by atoms with Crippen LogP contribution in [0.25, 0.3) is 10.9 Å². The third-order valence-electron chi connectivity index (χ3n) is 3.56. The molecule has 0 atom stereocenters. The molecule has 0 saturated heterocycles. The zero-order valence-corrected chi connectivity index (χ0v) is 11.5. The lowest BCUT2D eigenvalue weighted by Crippen LogP contribution is -2.04. The Morgan fingerprint density at radius 3 is 2.60 bits per heavy atom. The Balaban J connectivity index is 2.78. The smallest absolute Gasteiger partial charge is 0.335 e. The summed E-state index contributed by atoms with van der Waals surface area (Å²) >= 11 is 0. The van der Waals surface area contributed by atoms with Gasteiger partial charge in [-0.15, -0.1) is 0 Å². The number of carbonyl (C=O) groups is 2. The maximum absolute atomic E-state index is 11.3.